The van der Waals surface area contributed by atoms with Gasteiger partial charge in [0.05, 0.1) is 27.4 Å². The molecule has 0 radical (unpaired) electrons. The molecule has 0 saturated heterocycles. The average Bonchev–Trinajstić information content (AvgIpc) is 2.80. The summed E-state index contributed by atoms with van der Waals surface area (Å²) in [6, 6.07) is 3.04. The highest BCUT2D eigenvalue weighted by Crippen LogP contribution is 2.05. The van der Waals surface area contributed by atoms with Crippen LogP contribution in [0, 0.1) is 0 Å². The summed E-state index contributed by atoms with van der Waals surface area (Å²) in [6.07, 6.45) is 0.408. The van der Waals surface area contributed by atoms with Crippen LogP contribution in [0.25, 0.3) is 0 Å². The summed E-state index contributed by atoms with van der Waals surface area (Å²) in [7, 11) is 5.98. The second kappa shape index (κ2) is 6.38. The first-order valence-electron chi connectivity index (χ1n) is 6.01. The zero-order valence-electron chi connectivity index (χ0n) is 11.7. The number of furan rings is 1. The number of nitrogens with zero attached hydrogens (tertiary/aromatic N) is 1. The molecule has 19 heavy (non-hydrogen) atoms. The van der Waals surface area contributed by atoms with Gasteiger partial charge in [-0.05, 0) is 19.1 Å². The van der Waals surface area contributed by atoms with Crippen molar-refractivity contribution in [3.05, 3.63) is 24.2 Å². The number of carbonyl (C=O) groups excluding carboxylic acids is 2. The molecule has 106 valence electrons. The van der Waals surface area contributed by atoms with Crippen molar-refractivity contribution in [1.82, 2.24) is 0 Å². The Morgan fingerprint density at radius 1 is 1.37 bits per heavy atom. The van der Waals surface area contributed by atoms with Crippen LogP contribution >= 0.6 is 0 Å². The molecule has 0 fully saturated rings. The summed E-state index contributed by atoms with van der Waals surface area (Å²) in [5, 5.41) is 0. The van der Waals surface area contributed by atoms with Crippen LogP contribution in [-0.2, 0) is 14.3 Å². The molecule has 1 heterocycles. The van der Waals surface area contributed by atoms with E-state index in [-0.39, 0.29) is 12.4 Å². The van der Waals surface area contributed by atoms with Crippen molar-refractivity contribution < 1.29 is 28.0 Å². The lowest BCUT2D eigenvalue weighted by Gasteiger charge is -2.23. The summed E-state index contributed by atoms with van der Waals surface area (Å²) >= 11 is 0. The van der Waals surface area contributed by atoms with Gasteiger partial charge in [-0.2, -0.15) is 0 Å². The van der Waals surface area contributed by atoms with Gasteiger partial charge < -0.3 is 18.4 Å². The van der Waals surface area contributed by atoms with Crippen molar-refractivity contribution in [3.63, 3.8) is 0 Å². The number of likely N-dealkylation sites (N-methyl/N-ethyl adjacent to an activating group) is 1. The van der Waals surface area contributed by atoms with Crippen molar-refractivity contribution in [3.8, 4) is 0 Å². The quantitative estimate of drug-likeness (QED) is 0.571. The van der Waals surface area contributed by atoms with Crippen molar-refractivity contribution in [2.24, 2.45) is 0 Å². The summed E-state index contributed by atoms with van der Waals surface area (Å²) in [5.74, 6) is -1.18. The molecule has 0 saturated carbocycles. The van der Waals surface area contributed by atoms with Crippen LogP contribution in [0.15, 0.2) is 22.8 Å². The summed E-state index contributed by atoms with van der Waals surface area (Å²) in [6.45, 7) is 2.44. The number of carbonyl (C=O) groups is 2. The van der Waals surface area contributed by atoms with E-state index in [2.05, 4.69) is 0 Å². The molecular formula is C13H20NO5+. The zero-order chi connectivity index (χ0) is 14.5. The second-order valence-corrected chi connectivity index (χ2v) is 5.21. The smallest absolute Gasteiger partial charge is 0.375 e. The number of ether oxygens (including phenoxy) is 2. The van der Waals surface area contributed by atoms with E-state index < -0.39 is 18.0 Å². The molecule has 1 unspecified atom stereocenters. The van der Waals surface area contributed by atoms with E-state index in [0.29, 0.717) is 11.0 Å². The van der Waals surface area contributed by atoms with Crippen molar-refractivity contribution in [2.45, 2.75) is 13.0 Å². The number of hydrogen-bond acceptors (Lipinski definition) is 5. The van der Waals surface area contributed by atoms with Crippen LogP contribution in [-0.4, -0.2) is 56.8 Å². The molecule has 6 nitrogen and oxygen atoms in total. The molecule has 0 spiro atoms. The Morgan fingerprint density at radius 2 is 2.05 bits per heavy atom. The maximum absolute atomic E-state index is 11.6. The lowest BCUT2D eigenvalue weighted by molar-refractivity contribution is -0.870. The van der Waals surface area contributed by atoms with Gasteiger partial charge in [0.2, 0.25) is 5.76 Å². The normalized spacial score (nSPS) is 12.8. The molecule has 1 rings (SSSR count). The fraction of sp³-hybridized carbons (Fsp3) is 0.538. The molecule has 0 amide bonds. The number of hydrogen-bond donors (Lipinski definition) is 0. The lowest BCUT2D eigenvalue weighted by Crippen LogP contribution is -2.39. The minimum atomic E-state index is -0.954. The van der Waals surface area contributed by atoms with Gasteiger partial charge in [0.1, 0.15) is 13.2 Å². The third kappa shape index (κ3) is 5.56. The number of rotatable bonds is 6. The highest BCUT2D eigenvalue weighted by Gasteiger charge is 2.22. The highest BCUT2D eigenvalue weighted by atomic mass is 16.6. The molecule has 0 aliphatic heterocycles. The first-order valence-corrected chi connectivity index (χ1v) is 6.01. The van der Waals surface area contributed by atoms with Gasteiger partial charge in [-0.3, -0.25) is 0 Å². The van der Waals surface area contributed by atoms with Gasteiger partial charge in [0.15, 0.2) is 6.10 Å². The monoisotopic (exact) mass is 270 g/mol. The van der Waals surface area contributed by atoms with Crippen molar-refractivity contribution >= 4 is 11.9 Å². The second-order valence-electron chi connectivity index (χ2n) is 5.21. The van der Waals surface area contributed by atoms with E-state index in [1.165, 1.54) is 19.3 Å². The third-order valence-electron chi connectivity index (χ3n) is 2.34. The predicted octanol–water partition coefficient (Wildman–Crippen LogP) is 1.07. The SMILES string of the molecule is CC(OC(=O)c1ccco1)C(=O)OCC[N+](C)(C)C. The summed E-state index contributed by atoms with van der Waals surface area (Å²) in [4.78, 5) is 23.1. The first-order chi connectivity index (χ1) is 8.79. The molecule has 6 heteroatoms. The fourth-order valence-electron chi connectivity index (χ4n) is 1.20. The minimum absolute atomic E-state index is 0.0611. The van der Waals surface area contributed by atoms with E-state index in [4.69, 9.17) is 13.9 Å². The Hall–Kier alpha value is -1.82. The number of esters is 2. The van der Waals surface area contributed by atoms with Gasteiger partial charge in [-0.1, -0.05) is 0 Å². The first kappa shape index (κ1) is 15.2. The van der Waals surface area contributed by atoms with Gasteiger partial charge >= 0.3 is 11.9 Å². The molecule has 0 aliphatic carbocycles. The third-order valence-corrected chi connectivity index (χ3v) is 2.34. The van der Waals surface area contributed by atoms with E-state index in [1.54, 1.807) is 6.07 Å². The fourth-order valence-corrected chi connectivity index (χ4v) is 1.20. The van der Waals surface area contributed by atoms with Gasteiger partial charge in [0.25, 0.3) is 0 Å². The molecule has 0 N–H and O–H groups in total. The Bertz CT molecular complexity index is 419. The van der Waals surface area contributed by atoms with E-state index in [9.17, 15) is 9.59 Å². The molecule has 1 aromatic heterocycles. The van der Waals surface area contributed by atoms with Crippen molar-refractivity contribution in [1.29, 1.82) is 0 Å². The largest absolute Gasteiger partial charge is 0.457 e. The molecule has 0 aliphatic rings. The molecule has 0 aromatic carbocycles. The standard InChI is InChI=1S/C13H20NO5/c1-10(12(15)18-9-7-14(2,3)4)19-13(16)11-6-5-8-17-11/h5-6,8,10H,7,9H2,1-4H3/q+1. The molecule has 1 aromatic rings. The van der Waals surface area contributed by atoms with E-state index >= 15 is 0 Å². The number of quaternary nitrogens is 1. The minimum Gasteiger partial charge on any atom is -0.457 e. The Morgan fingerprint density at radius 3 is 2.58 bits per heavy atom. The van der Waals surface area contributed by atoms with Crippen LogP contribution in [0.2, 0.25) is 0 Å². The highest BCUT2D eigenvalue weighted by molar-refractivity contribution is 5.88. The Kier molecular flexibility index (Phi) is 5.11. The molecule has 0 bridgehead atoms. The molecular weight excluding hydrogens is 250 g/mol. The lowest BCUT2D eigenvalue weighted by atomic mass is 10.4. The van der Waals surface area contributed by atoms with Crippen LogP contribution in [0.5, 0.6) is 0 Å². The van der Waals surface area contributed by atoms with Crippen LogP contribution in [0.1, 0.15) is 17.5 Å². The van der Waals surface area contributed by atoms with E-state index in [1.807, 2.05) is 21.1 Å². The van der Waals surface area contributed by atoms with Gasteiger partial charge in [-0.25, -0.2) is 9.59 Å². The summed E-state index contributed by atoms with van der Waals surface area (Å²) in [5.41, 5.74) is 0. The van der Waals surface area contributed by atoms with Gasteiger partial charge in [0, 0.05) is 0 Å². The Balaban J connectivity index is 2.35. The Labute approximate surface area is 112 Å². The maximum Gasteiger partial charge on any atom is 0.375 e. The maximum atomic E-state index is 11.6. The van der Waals surface area contributed by atoms with Crippen LogP contribution in [0.4, 0.5) is 0 Å². The average molecular weight is 270 g/mol. The van der Waals surface area contributed by atoms with Crippen LogP contribution < -0.4 is 0 Å². The zero-order valence-corrected chi connectivity index (χ0v) is 11.7. The van der Waals surface area contributed by atoms with Gasteiger partial charge in [-0.15, -0.1) is 0 Å². The van der Waals surface area contributed by atoms with Crippen LogP contribution in [0.3, 0.4) is 0 Å². The summed E-state index contributed by atoms with van der Waals surface area (Å²) < 4.78 is 15.5. The van der Waals surface area contributed by atoms with E-state index in [0.717, 1.165) is 0 Å². The van der Waals surface area contributed by atoms with Crippen molar-refractivity contribution in [2.75, 3.05) is 34.3 Å². The topological polar surface area (TPSA) is 65.7 Å². The molecule has 1 atom stereocenters. The predicted molar refractivity (Wildman–Crippen MR) is 67.4 cm³/mol.